The molecule has 1 atom stereocenters. The summed E-state index contributed by atoms with van der Waals surface area (Å²) in [7, 11) is 0. The van der Waals surface area contributed by atoms with Crippen LogP contribution in [0.4, 0.5) is 0 Å². The van der Waals surface area contributed by atoms with Crippen LogP contribution >= 0.6 is 11.8 Å². The topological polar surface area (TPSA) is 107 Å². The standard InChI is InChI=1S/C16H16N2O5S/c19-11-3-1-9(2-4-11)5-12(20)17-7-10-8-24-14-6-13(21)18(14)15(10)16(22)23/h1-4,14,19H,5-8H2,(H,17,20)(H,22,23)/t14-/m0/s1. The van der Waals surface area contributed by atoms with Crippen molar-refractivity contribution in [3.8, 4) is 5.75 Å². The summed E-state index contributed by atoms with van der Waals surface area (Å²) < 4.78 is 0. The molecule has 0 aliphatic carbocycles. The van der Waals surface area contributed by atoms with E-state index in [4.69, 9.17) is 0 Å². The predicted molar refractivity (Wildman–Crippen MR) is 87.2 cm³/mol. The molecule has 1 aromatic carbocycles. The van der Waals surface area contributed by atoms with E-state index in [2.05, 4.69) is 5.32 Å². The van der Waals surface area contributed by atoms with E-state index >= 15 is 0 Å². The van der Waals surface area contributed by atoms with Crippen molar-refractivity contribution in [1.82, 2.24) is 10.2 Å². The summed E-state index contributed by atoms with van der Waals surface area (Å²) in [5.41, 5.74) is 1.28. The number of aromatic hydroxyl groups is 1. The van der Waals surface area contributed by atoms with E-state index in [9.17, 15) is 24.6 Å². The number of rotatable bonds is 5. The van der Waals surface area contributed by atoms with Gasteiger partial charge in [0.15, 0.2) is 0 Å². The van der Waals surface area contributed by atoms with Gasteiger partial charge in [-0.3, -0.25) is 14.5 Å². The number of amides is 2. The Morgan fingerprint density at radius 2 is 2.00 bits per heavy atom. The van der Waals surface area contributed by atoms with Crippen LogP contribution in [0, 0.1) is 0 Å². The van der Waals surface area contributed by atoms with E-state index in [1.54, 1.807) is 12.1 Å². The fourth-order valence-electron chi connectivity index (χ4n) is 2.68. The average molecular weight is 348 g/mol. The Kier molecular flexibility index (Phi) is 4.48. The van der Waals surface area contributed by atoms with Crippen LogP contribution in [-0.4, -0.2) is 50.6 Å². The zero-order valence-corrected chi connectivity index (χ0v) is 13.5. The average Bonchev–Trinajstić information content (AvgIpc) is 2.54. The first-order valence-corrected chi connectivity index (χ1v) is 8.44. The number of carbonyl (C=O) groups excluding carboxylic acids is 2. The molecule has 0 unspecified atom stereocenters. The minimum absolute atomic E-state index is 0.0000616. The number of aliphatic carboxylic acids is 1. The molecule has 1 fully saturated rings. The van der Waals surface area contributed by atoms with Crippen molar-refractivity contribution < 1.29 is 24.6 Å². The van der Waals surface area contributed by atoms with Crippen LogP contribution in [0.2, 0.25) is 0 Å². The SMILES string of the molecule is O=C(Cc1ccc(O)cc1)NCC1=C(C(=O)O)N2C(=O)C[C@@H]2SC1. The molecule has 7 nitrogen and oxygen atoms in total. The Bertz CT molecular complexity index is 728. The van der Waals surface area contributed by atoms with Crippen LogP contribution in [-0.2, 0) is 20.8 Å². The highest BCUT2D eigenvalue weighted by Gasteiger charge is 2.45. The van der Waals surface area contributed by atoms with Crippen molar-refractivity contribution in [2.75, 3.05) is 12.3 Å². The largest absolute Gasteiger partial charge is 0.508 e. The number of fused-ring (bicyclic) bond motifs is 1. The summed E-state index contributed by atoms with van der Waals surface area (Å²) in [6.07, 6.45) is 0.496. The maximum Gasteiger partial charge on any atom is 0.352 e. The molecule has 3 N–H and O–H groups in total. The maximum atomic E-state index is 12.0. The second-order valence-electron chi connectivity index (χ2n) is 5.61. The number of phenols is 1. The van der Waals surface area contributed by atoms with Crippen LogP contribution in [0.15, 0.2) is 35.5 Å². The summed E-state index contributed by atoms with van der Waals surface area (Å²) in [6.45, 7) is 0.0993. The van der Waals surface area contributed by atoms with Gasteiger partial charge in [0.2, 0.25) is 11.8 Å². The lowest BCUT2D eigenvalue weighted by molar-refractivity contribution is -0.146. The van der Waals surface area contributed by atoms with E-state index < -0.39 is 5.97 Å². The summed E-state index contributed by atoms with van der Waals surface area (Å²) in [5.74, 6) is -0.979. The lowest BCUT2D eigenvalue weighted by atomic mass is 10.1. The van der Waals surface area contributed by atoms with Gasteiger partial charge in [-0.05, 0) is 23.3 Å². The van der Waals surface area contributed by atoms with Crippen molar-refractivity contribution in [2.45, 2.75) is 18.2 Å². The zero-order valence-electron chi connectivity index (χ0n) is 12.7. The van der Waals surface area contributed by atoms with Gasteiger partial charge in [-0.2, -0.15) is 0 Å². The van der Waals surface area contributed by atoms with Gasteiger partial charge in [0, 0.05) is 12.3 Å². The zero-order chi connectivity index (χ0) is 17.3. The number of benzene rings is 1. The summed E-state index contributed by atoms with van der Waals surface area (Å²) in [4.78, 5) is 36.4. The normalized spacial score (nSPS) is 19.6. The van der Waals surface area contributed by atoms with Gasteiger partial charge in [-0.15, -0.1) is 11.8 Å². The third-order valence-electron chi connectivity index (χ3n) is 3.93. The highest BCUT2D eigenvalue weighted by atomic mass is 32.2. The van der Waals surface area contributed by atoms with Crippen molar-refractivity contribution >= 4 is 29.5 Å². The van der Waals surface area contributed by atoms with Gasteiger partial charge in [-0.1, -0.05) is 12.1 Å². The molecule has 2 heterocycles. The monoisotopic (exact) mass is 348 g/mol. The molecule has 126 valence electrons. The number of β-lactam (4-membered cyclic amide) rings is 1. The fourth-order valence-corrected chi connectivity index (χ4v) is 3.95. The fraction of sp³-hybridized carbons (Fsp3) is 0.312. The molecule has 8 heteroatoms. The Morgan fingerprint density at radius 3 is 2.62 bits per heavy atom. The first-order valence-electron chi connectivity index (χ1n) is 7.39. The predicted octanol–water partition coefficient (Wildman–Crippen LogP) is 0.695. The Hall–Kier alpha value is -2.48. The summed E-state index contributed by atoms with van der Waals surface area (Å²) in [6, 6.07) is 6.30. The third kappa shape index (κ3) is 3.23. The van der Waals surface area contributed by atoms with Gasteiger partial charge in [0.25, 0.3) is 0 Å². The Morgan fingerprint density at radius 1 is 1.29 bits per heavy atom. The summed E-state index contributed by atoms with van der Waals surface area (Å²) >= 11 is 1.51. The van der Waals surface area contributed by atoms with E-state index in [0.29, 0.717) is 17.7 Å². The van der Waals surface area contributed by atoms with Crippen LogP contribution in [0.1, 0.15) is 12.0 Å². The Labute approximate surface area is 142 Å². The van der Waals surface area contributed by atoms with E-state index in [0.717, 1.165) is 5.56 Å². The van der Waals surface area contributed by atoms with Crippen LogP contribution < -0.4 is 5.32 Å². The molecule has 1 saturated heterocycles. The molecule has 0 bridgehead atoms. The number of carboxylic acids is 1. The molecule has 24 heavy (non-hydrogen) atoms. The minimum Gasteiger partial charge on any atom is -0.508 e. The molecule has 0 spiro atoms. The van der Waals surface area contributed by atoms with Crippen molar-refractivity contribution in [3.63, 3.8) is 0 Å². The number of nitrogens with zero attached hydrogens (tertiary/aromatic N) is 1. The third-order valence-corrected chi connectivity index (χ3v) is 5.21. The lowest BCUT2D eigenvalue weighted by Gasteiger charge is -2.44. The number of carboxylic acid groups (broad SMARTS) is 1. The molecule has 1 aromatic rings. The highest BCUT2D eigenvalue weighted by Crippen LogP contribution is 2.39. The molecule has 0 aromatic heterocycles. The van der Waals surface area contributed by atoms with Gasteiger partial charge in [-0.25, -0.2) is 4.79 Å². The van der Waals surface area contributed by atoms with Crippen molar-refractivity contribution in [1.29, 1.82) is 0 Å². The molecular formula is C16H16N2O5S. The second kappa shape index (κ2) is 6.56. The van der Waals surface area contributed by atoms with Crippen molar-refractivity contribution in [3.05, 3.63) is 41.1 Å². The highest BCUT2D eigenvalue weighted by molar-refractivity contribution is 8.00. The van der Waals surface area contributed by atoms with Crippen molar-refractivity contribution in [2.24, 2.45) is 0 Å². The van der Waals surface area contributed by atoms with E-state index in [1.165, 1.54) is 28.8 Å². The molecule has 2 aliphatic rings. The number of nitrogens with one attached hydrogen (secondary N) is 1. The Balaban J connectivity index is 1.65. The number of hydrogen-bond donors (Lipinski definition) is 3. The minimum atomic E-state index is -1.14. The first-order chi connectivity index (χ1) is 11.5. The van der Waals surface area contributed by atoms with Gasteiger partial charge in [0.05, 0.1) is 18.2 Å². The molecule has 2 amide bonds. The van der Waals surface area contributed by atoms with Gasteiger partial charge >= 0.3 is 5.97 Å². The molecule has 3 rings (SSSR count). The summed E-state index contributed by atoms with van der Waals surface area (Å²) in [5, 5.41) is 21.2. The molecule has 2 aliphatic heterocycles. The number of thioether (sulfide) groups is 1. The molecule has 0 radical (unpaired) electrons. The number of carbonyl (C=O) groups is 3. The molecule has 0 saturated carbocycles. The number of phenolic OH excluding ortho intramolecular Hbond substituents is 1. The van der Waals surface area contributed by atoms with Gasteiger partial charge in [0.1, 0.15) is 11.4 Å². The van der Waals surface area contributed by atoms with E-state index in [1.807, 2.05) is 0 Å². The lowest BCUT2D eigenvalue weighted by Crippen LogP contribution is -2.54. The van der Waals surface area contributed by atoms with E-state index in [-0.39, 0.29) is 41.6 Å². The van der Waals surface area contributed by atoms with Gasteiger partial charge < -0.3 is 15.5 Å². The smallest absolute Gasteiger partial charge is 0.352 e. The number of hydrogen-bond acceptors (Lipinski definition) is 5. The van der Waals surface area contributed by atoms with Crippen LogP contribution in [0.5, 0.6) is 5.75 Å². The molecular weight excluding hydrogens is 332 g/mol. The van der Waals surface area contributed by atoms with Crippen LogP contribution in [0.25, 0.3) is 0 Å². The quantitative estimate of drug-likeness (QED) is 0.676. The maximum absolute atomic E-state index is 12.0. The second-order valence-corrected chi connectivity index (χ2v) is 6.78. The first kappa shape index (κ1) is 16.4. The van der Waals surface area contributed by atoms with Crippen LogP contribution in [0.3, 0.4) is 0 Å².